The van der Waals surface area contributed by atoms with Gasteiger partial charge < -0.3 is 15.0 Å². The van der Waals surface area contributed by atoms with E-state index in [1.165, 1.54) is 0 Å². The number of hydrogen-bond donors (Lipinski definition) is 1. The van der Waals surface area contributed by atoms with Crippen LogP contribution in [0.4, 0.5) is 11.4 Å². The first-order valence-corrected chi connectivity index (χ1v) is 12.8. The molecular weight excluding hydrogens is 574 g/mol. The van der Waals surface area contributed by atoms with Crippen molar-refractivity contribution in [3.63, 3.8) is 0 Å². The summed E-state index contributed by atoms with van der Waals surface area (Å²) >= 11 is 7.36. The number of aliphatic imine (C=N–C) groups is 1. The van der Waals surface area contributed by atoms with Crippen LogP contribution in [0.25, 0.3) is 0 Å². The normalized spacial score (nSPS) is 15.2. The number of halogens is 2. The highest BCUT2D eigenvalue weighted by Crippen LogP contribution is 2.38. The number of benzene rings is 3. The summed E-state index contributed by atoms with van der Waals surface area (Å²) in [6.07, 6.45) is 0. The highest BCUT2D eigenvalue weighted by atomic mass is 79.9. The van der Waals surface area contributed by atoms with Crippen molar-refractivity contribution >= 4 is 60.8 Å². The highest BCUT2D eigenvalue weighted by molar-refractivity contribution is 9.11. The highest BCUT2D eigenvalue weighted by Gasteiger charge is 2.36. The van der Waals surface area contributed by atoms with E-state index in [9.17, 15) is 9.59 Å². The smallest absolute Gasteiger partial charge is 0.338 e. The van der Waals surface area contributed by atoms with Crippen LogP contribution in [0, 0.1) is 0 Å². The molecular formula is C27H25Br2N3O3. The van der Waals surface area contributed by atoms with Gasteiger partial charge in [0.05, 0.1) is 23.6 Å². The monoisotopic (exact) mass is 597 g/mol. The van der Waals surface area contributed by atoms with Crippen LogP contribution in [0.5, 0.6) is 0 Å². The molecule has 1 aliphatic heterocycles. The number of amides is 1. The van der Waals surface area contributed by atoms with Crippen molar-refractivity contribution in [2.75, 3.05) is 26.0 Å². The number of carbonyl (C=O) groups is 2. The average Bonchev–Trinajstić information content (AvgIpc) is 3.15. The molecule has 0 saturated carbocycles. The SMILES string of the molecule is CCOC(=O)c1ccc2c(c1)NC(=O)C2C(=Nc1cc(Br)c(CN(C)C)c(Br)c1)c1ccccc1. The second kappa shape index (κ2) is 10.8. The quantitative estimate of drug-likeness (QED) is 0.256. The lowest BCUT2D eigenvalue weighted by atomic mass is 9.90. The van der Waals surface area contributed by atoms with Crippen molar-refractivity contribution < 1.29 is 14.3 Å². The topological polar surface area (TPSA) is 71.0 Å². The van der Waals surface area contributed by atoms with Crippen LogP contribution >= 0.6 is 31.9 Å². The van der Waals surface area contributed by atoms with Gasteiger partial charge in [-0.2, -0.15) is 0 Å². The summed E-state index contributed by atoms with van der Waals surface area (Å²) in [5, 5.41) is 2.92. The molecule has 8 heteroatoms. The van der Waals surface area contributed by atoms with Crippen molar-refractivity contribution in [1.82, 2.24) is 4.90 Å². The van der Waals surface area contributed by atoms with E-state index in [0.29, 0.717) is 17.0 Å². The number of hydrogen-bond acceptors (Lipinski definition) is 5. The van der Waals surface area contributed by atoms with E-state index < -0.39 is 11.9 Å². The molecule has 0 spiro atoms. The molecule has 1 amide bonds. The van der Waals surface area contributed by atoms with Crippen molar-refractivity contribution in [2.24, 2.45) is 4.99 Å². The molecule has 0 radical (unpaired) electrons. The Hall–Kier alpha value is -2.81. The van der Waals surface area contributed by atoms with Crippen molar-refractivity contribution in [1.29, 1.82) is 0 Å². The van der Waals surface area contributed by atoms with Gasteiger partial charge in [-0.15, -0.1) is 0 Å². The lowest BCUT2D eigenvalue weighted by molar-refractivity contribution is -0.115. The lowest BCUT2D eigenvalue weighted by Crippen LogP contribution is -2.22. The van der Waals surface area contributed by atoms with E-state index in [1.54, 1.807) is 25.1 Å². The van der Waals surface area contributed by atoms with E-state index in [0.717, 1.165) is 37.9 Å². The van der Waals surface area contributed by atoms with E-state index in [1.807, 2.05) is 56.6 Å². The number of esters is 1. The maximum Gasteiger partial charge on any atom is 0.338 e. The summed E-state index contributed by atoms with van der Waals surface area (Å²) < 4.78 is 6.97. The minimum absolute atomic E-state index is 0.189. The van der Waals surface area contributed by atoms with E-state index in [4.69, 9.17) is 9.73 Å². The van der Waals surface area contributed by atoms with Gasteiger partial charge in [-0.25, -0.2) is 4.79 Å². The Morgan fingerprint density at radius 3 is 2.34 bits per heavy atom. The molecule has 0 aliphatic carbocycles. The van der Waals surface area contributed by atoms with E-state index >= 15 is 0 Å². The summed E-state index contributed by atoms with van der Waals surface area (Å²) in [5.74, 6) is -1.23. The fourth-order valence-corrected chi connectivity index (χ4v) is 5.45. The first-order valence-electron chi connectivity index (χ1n) is 11.2. The molecule has 3 aromatic rings. The fraction of sp³-hybridized carbons (Fsp3) is 0.222. The molecule has 3 aromatic carbocycles. The molecule has 4 rings (SSSR count). The van der Waals surface area contributed by atoms with Crippen LogP contribution in [0.1, 0.15) is 39.9 Å². The second-order valence-electron chi connectivity index (χ2n) is 8.43. The number of fused-ring (bicyclic) bond motifs is 1. The molecule has 1 unspecified atom stereocenters. The zero-order valence-electron chi connectivity index (χ0n) is 19.6. The zero-order chi connectivity index (χ0) is 25.1. The Morgan fingerprint density at radius 2 is 1.71 bits per heavy atom. The lowest BCUT2D eigenvalue weighted by Gasteiger charge is -2.16. The summed E-state index contributed by atoms with van der Waals surface area (Å²) in [6, 6.07) is 18.8. The predicted octanol–water partition coefficient (Wildman–Crippen LogP) is 6.31. The Kier molecular flexibility index (Phi) is 7.84. The Bertz CT molecular complexity index is 1280. The summed E-state index contributed by atoms with van der Waals surface area (Å²) in [5.41, 5.74) is 5.07. The second-order valence-corrected chi connectivity index (χ2v) is 10.1. The van der Waals surface area contributed by atoms with Crippen LogP contribution in [0.2, 0.25) is 0 Å². The maximum atomic E-state index is 13.2. The van der Waals surface area contributed by atoms with Crippen LogP contribution in [-0.4, -0.2) is 43.2 Å². The number of nitrogens with zero attached hydrogens (tertiary/aromatic N) is 2. The summed E-state index contributed by atoms with van der Waals surface area (Å²) in [6.45, 7) is 2.81. The van der Waals surface area contributed by atoms with Crippen LogP contribution in [-0.2, 0) is 16.1 Å². The van der Waals surface area contributed by atoms with Crippen LogP contribution in [0.3, 0.4) is 0 Å². The molecule has 1 heterocycles. The molecule has 0 aromatic heterocycles. The molecule has 1 N–H and O–H groups in total. The van der Waals surface area contributed by atoms with E-state index in [2.05, 4.69) is 42.1 Å². The zero-order valence-corrected chi connectivity index (χ0v) is 22.8. The molecule has 180 valence electrons. The maximum absolute atomic E-state index is 13.2. The van der Waals surface area contributed by atoms with Gasteiger partial charge in [0.25, 0.3) is 0 Å². The Balaban J connectivity index is 1.81. The third-order valence-electron chi connectivity index (χ3n) is 5.59. The molecule has 1 aliphatic rings. The molecule has 6 nitrogen and oxygen atoms in total. The third kappa shape index (κ3) is 5.55. The molecule has 0 saturated heterocycles. The van der Waals surface area contributed by atoms with Gasteiger partial charge >= 0.3 is 5.97 Å². The standard InChI is InChI=1S/C27H25Br2N3O3/c1-4-35-27(34)17-10-11-19-23(12-17)31-26(33)24(19)25(16-8-6-5-7-9-16)30-18-13-21(28)20(15-32(2)3)22(29)14-18/h5-14,24H,4,15H2,1-3H3,(H,31,33). The third-order valence-corrected chi connectivity index (χ3v) is 7.00. The van der Waals surface area contributed by atoms with Gasteiger partial charge in [-0.05, 0) is 62.0 Å². The van der Waals surface area contributed by atoms with Gasteiger partial charge in [0.2, 0.25) is 5.91 Å². The summed E-state index contributed by atoms with van der Waals surface area (Å²) in [4.78, 5) is 32.5. The van der Waals surface area contributed by atoms with Gasteiger partial charge in [-0.3, -0.25) is 9.79 Å². The number of carbonyl (C=O) groups excluding carboxylic acids is 2. The summed E-state index contributed by atoms with van der Waals surface area (Å²) in [7, 11) is 4.03. The van der Waals surface area contributed by atoms with Crippen LogP contribution < -0.4 is 5.32 Å². The minimum atomic E-state index is -0.623. The van der Waals surface area contributed by atoms with Crippen molar-refractivity contribution in [3.8, 4) is 0 Å². The van der Waals surface area contributed by atoms with Gasteiger partial charge in [0.1, 0.15) is 5.92 Å². The Labute approximate surface area is 221 Å². The first kappa shape index (κ1) is 25.3. The predicted molar refractivity (Wildman–Crippen MR) is 146 cm³/mol. The Morgan fingerprint density at radius 1 is 1.03 bits per heavy atom. The number of nitrogens with one attached hydrogen (secondary N) is 1. The minimum Gasteiger partial charge on any atom is -0.462 e. The van der Waals surface area contributed by atoms with Crippen molar-refractivity contribution in [2.45, 2.75) is 19.4 Å². The van der Waals surface area contributed by atoms with Gasteiger partial charge in [-0.1, -0.05) is 68.3 Å². The fourth-order valence-electron chi connectivity index (χ4n) is 4.04. The largest absolute Gasteiger partial charge is 0.462 e. The van der Waals surface area contributed by atoms with Crippen LogP contribution in [0.15, 0.2) is 74.6 Å². The van der Waals surface area contributed by atoms with Gasteiger partial charge in [0, 0.05) is 21.2 Å². The molecule has 1 atom stereocenters. The molecule has 0 bridgehead atoms. The number of anilines is 1. The van der Waals surface area contributed by atoms with Crippen molar-refractivity contribution in [3.05, 3.63) is 91.9 Å². The average molecular weight is 599 g/mol. The molecule has 0 fully saturated rings. The first-order chi connectivity index (χ1) is 16.8. The van der Waals surface area contributed by atoms with E-state index in [-0.39, 0.29) is 12.5 Å². The number of ether oxygens (including phenoxy) is 1. The van der Waals surface area contributed by atoms with Gasteiger partial charge in [0.15, 0.2) is 0 Å². The number of rotatable bonds is 7. The molecule has 35 heavy (non-hydrogen) atoms.